The first-order chi connectivity index (χ1) is 16.0. The van der Waals surface area contributed by atoms with E-state index in [2.05, 4.69) is 10.3 Å². The maximum Gasteiger partial charge on any atom is 0.261 e. The summed E-state index contributed by atoms with van der Waals surface area (Å²) in [5, 5.41) is 31.1. The number of carbonyl (C=O) groups excluding carboxylic acids is 1. The first-order valence-corrected chi connectivity index (χ1v) is 11.2. The number of aromatic nitrogens is 1. The minimum atomic E-state index is -0.583. The van der Waals surface area contributed by atoms with Crippen LogP contribution in [0.5, 0.6) is 5.75 Å². The molecule has 7 heteroatoms. The molecule has 2 aromatic heterocycles. The van der Waals surface area contributed by atoms with E-state index in [9.17, 15) is 15.0 Å². The molecule has 166 valence electrons. The van der Waals surface area contributed by atoms with Crippen molar-refractivity contribution in [3.8, 4) is 16.2 Å². The first-order valence-electron chi connectivity index (χ1n) is 10.4. The zero-order valence-electron chi connectivity index (χ0n) is 17.7. The molecule has 0 saturated carbocycles. The molecule has 1 atom stereocenters. The van der Waals surface area contributed by atoms with Gasteiger partial charge in [0.15, 0.2) is 0 Å². The molecule has 0 aliphatic carbocycles. The lowest BCUT2D eigenvalue weighted by atomic mass is 9.97. The molecule has 0 bridgehead atoms. The fourth-order valence-electron chi connectivity index (χ4n) is 3.50. The van der Waals surface area contributed by atoms with Crippen LogP contribution < -0.4 is 5.32 Å². The van der Waals surface area contributed by atoms with Crippen LogP contribution >= 0.6 is 11.3 Å². The van der Waals surface area contributed by atoms with Crippen molar-refractivity contribution in [3.63, 3.8) is 0 Å². The van der Waals surface area contributed by atoms with E-state index < -0.39 is 6.04 Å². The van der Waals surface area contributed by atoms with Gasteiger partial charge < -0.3 is 20.9 Å². The Morgan fingerprint density at radius 3 is 2.52 bits per heavy atom. The van der Waals surface area contributed by atoms with Crippen LogP contribution in [-0.2, 0) is 6.61 Å². The molecule has 4 rings (SSSR count). The summed E-state index contributed by atoms with van der Waals surface area (Å²) in [6.45, 7) is -0.0137. The number of thiophene rings is 1. The lowest BCUT2D eigenvalue weighted by molar-refractivity contribution is 0.0941. The fraction of sp³-hybridized carbons (Fsp3) is 0.115. The molecule has 6 nitrogen and oxygen atoms in total. The van der Waals surface area contributed by atoms with Crippen molar-refractivity contribution in [2.45, 2.75) is 19.1 Å². The molecule has 1 unspecified atom stereocenters. The van der Waals surface area contributed by atoms with Crippen molar-refractivity contribution in [3.05, 3.63) is 107 Å². The average molecular weight is 458 g/mol. The van der Waals surface area contributed by atoms with Crippen molar-refractivity contribution in [2.24, 2.45) is 0 Å². The standard InChI is InChI=1S/C26H23N3O3S/c27-21(19-4-3-13-28-15-19)14-22(20-5-1-2-6-23(20)31)29-26(32)25-12-11-24(33-25)18-9-7-17(16-30)8-10-18/h1-13,15,22,27,30-31H,14,16H2,(H,29,32). The Bertz CT molecular complexity index is 1250. The topological polar surface area (TPSA) is 106 Å². The highest BCUT2D eigenvalue weighted by Crippen LogP contribution is 2.31. The highest BCUT2D eigenvalue weighted by atomic mass is 32.1. The summed E-state index contributed by atoms with van der Waals surface area (Å²) in [5.41, 5.74) is 3.32. The molecule has 2 aromatic carbocycles. The number of nitrogens with one attached hydrogen (secondary N) is 2. The number of hydrogen-bond donors (Lipinski definition) is 4. The highest BCUT2D eigenvalue weighted by molar-refractivity contribution is 7.17. The lowest BCUT2D eigenvalue weighted by Crippen LogP contribution is -2.29. The first kappa shape index (κ1) is 22.4. The van der Waals surface area contributed by atoms with Crippen LogP contribution in [0, 0.1) is 5.41 Å². The highest BCUT2D eigenvalue weighted by Gasteiger charge is 2.22. The molecule has 1 amide bonds. The fourth-order valence-corrected chi connectivity index (χ4v) is 4.42. The molecule has 0 aliphatic rings. The van der Waals surface area contributed by atoms with Gasteiger partial charge in [0.25, 0.3) is 5.91 Å². The van der Waals surface area contributed by atoms with Crippen molar-refractivity contribution >= 4 is 23.0 Å². The third kappa shape index (κ3) is 5.34. The zero-order valence-corrected chi connectivity index (χ0v) is 18.5. The molecule has 0 spiro atoms. The number of aromatic hydroxyl groups is 1. The second kappa shape index (κ2) is 10.2. The SMILES string of the molecule is N=C(CC(NC(=O)c1ccc(-c2ccc(CO)cc2)s1)c1ccccc1O)c1cccnc1. The van der Waals surface area contributed by atoms with Crippen molar-refractivity contribution in [1.29, 1.82) is 5.41 Å². The van der Waals surface area contributed by atoms with Gasteiger partial charge in [-0.05, 0) is 35.4 Å². The number of para-hydroxylation sites is 1. The summed E-state index contributed by atoms with van der Waals surface area (Å²) in [6, 6.07) is 21.0. The van der Waals surface area contributed by atoms with Gasteiger partial charge in [-0.15, -0.1) is 11.3 Å². The smallest absolute Gasteiger partial charge is 0.261 e. The number of phenols is 1. The van der Waals surface area contributed by atoms with Crippen molar-refractivity contribution in [1.82, 2.24) is 10.3 Å². The van der Waals surface area contributed by atoms with Crippen LogP contribution in [-0.4, -0.2) is 26.8 Å². The summed E-state index contributed by atoms with van der Waals surface area (Å²) in [7, 11) is 0. The Morgan fingerprint density at radius 1 is 1.03 bits per heavy atom. The van der Waals surface area contributed by atoms with Crippen LogP contribution in [0.4, 0.5) is 0 Å². The molecule has 0 fully saturated rings. The molecular formula is C26H23N3O3S. The molecular weight excluding hydrogens is 434 g/mol. The Hall–Kier alpha value is -3.81. The normalized spacial score (nSPS) is 11.7. The van der Waals surface area contributed by atoms with Gasteiger partial charge in [-0.2, -0.15) is 0 Å². The van der Waals surface area contributed by atoms with Crippen LogP contribution in [0.15, 0.2) is 85.2 Å². The minimum absolute atomic E-state index is 0.0137. The quantitative estimate of drug-likeness (QED) is 0.281. The van der Waals surface area contributed by atoms with E-state index in [1.165, 1.54) is 11.3 Å². The zero-order chi connectivity index (χ0) is 23.2. The molecule has 4 N–H and O–H groups in total. The molecule has 2 heterocycles. The van der Waals surface area contributed by atoms with Gasteiger partial charge in [0.1, 0.15) is 5.75 Å². The van der Waals surface area contributed by atoms with Gasteiger partial charge in [-0.25, -0.2) is 0 Å². The van der Waals surface area contributed by atoms with Gasteiger partial charge >= 0.3 is 0 Å². The summed E-state index contributed by atoms with van der Waals surface area (Å²) >= 11 is 1.36. The number of amides is 1. The van der Waals surface area contributed by atoms with Gasteiger partial charge in [0.2, 0.25) is 0 Å². The number of hydrogen-bond acceptors (Lipinski definition) is 6. The second-order valence-corrected chi connectivity index (χ2v) is 8.61. The van der Waals surface area contributed by atoms with Gasteiger partial charge in [-0.3, -0.25) is 9.78 Å². The predicted molar refractivity (Wildman–Crippen MR) is 130 cm³/mol. The summed E-state index contributed by atoms with van der Waals surface area (Å²) in [6.07, 6.45) is 3.46. The van der Waals surface area contributed by atoms with E-state index in [1.807, 2.05) is 30.3 Å². The third-order valence-corrected chi connectivity index (χ3v) is 6.42. The maximum atomic E-state index is 13.1. The number of rotatable bonds is 8. The summed E-state index contributed by atoms with van der Waals surface area (Å²) in [5.74, 6) is -0.205. The Kier molecular flexibility index (Phi) is 6.92. The number of benzene rings is 2. The number of pyridine rings is 1. The van der Waals surface area contributed by atoms with Crippen LogP contribution in [0.25, 0.3) is 10.4 Å². The number of aliphatic hydroxyl groups is 1. The molecule has 0 aliphatic heterocycles. The van der Waals surface area contributed by atoms with E-state index in [4.69, 9.17) is 5.41 Å². The van der Waals surface area contributed by atoms with E-state index >= 15 is 0 Å². The van der Waals surface area contributed by atoms with Crippen LogP contribution in [0.3, 0.4) is 0 Å². The van der Waals surface area contributed by atoms with Crippen molar-refractivity contribution < 1.29 is 15.0 Å². The van der Waals surface area contributed by atoms with Gasteiger partial charge in [0.05, 0.1) is 17.5 Å². The molecule has 4 aromatic rings. The van der Waals surface area contributed by atoms with E-state index in [0.717, 1.165) is 16.0 Å². The van der Waals surface area contributed by atoms with Crippen LogP contribution in [0.1, 0.15) is 38.8 Å². The average Bonchev–Trinajstić information content (AvgIpc) is 3.35. The van der Waals surface area contributed by atoms with Gasteiger partial charge in [0, 0.05) is 40.5 Å². The number of carbonyl (C=O) groups is 1. The van der Waals surface area contributed by atoms with Gasteiger partial charge in [-0.1, -0.05) is 48.5 Å². The minimum Gasteiger partial charge on any atom is -0.508 e. The monoisotopic (exact) mass is 457 g/mol. The largest absolute Gasteiger partial charge is 0.508 e. The van der Waals surface area contributed by atoms with E-state index in [1.54, 1.807) is 54.9 Å². The Labute approximate surface area is 195 Å². The molecule has 0 saturated heterocycles. The van der Waals surface area contributed by atoms with E-state index in [0.29, 0.717) is 21.7 Å². The third-order valence-electron chi connectivity index (χ3n) is 5.29. The number of phenolic OH excluding ortho intramolecular Hbond substituents is 1. The number of nitrogens with zero attached hydrogens (tertiary/aromatic N) is 1. The van der Waals surface area contributed by atoms with Crippen LogP contribution in [0.2, 0.25) is 0 Å². The number of aliphatic hydroxyl groups excluding tert-OH is 1. The van der Waals surface area contributed by atoms with E-state index in [-0.39, 0.29) is 24.7 Å². The molecule has 33 heavy (non-hydrogen) atoms. The Balaban J connectivity index is 1.55. The summed E-state index contributed by atoms with van der Waals surface area (Å²) < 4.78 is 0. The van der Waals surface area contributed by atoms with Crippen molar-refractivity contribution in [2.75, 3.05) is 0 Å². The second-order valence-electron chi connectivity index (χ2n) is 7.53. The Morgan fingerprint density at radius 2 is 1.82 bits per heavy atom. The summed E-state index contributed by atoms with van der Waals surface area (Å²) in [4.78, 5) is 18.6. The maximum absolute atomic E-state index is 13.1. The predicted octanol–water partition coefficient (Wildman–Crippen LogP) is 4.94. The molecule has 0 radical (unpaired) electrons. The lowest BCUT2D eigenvalue weighted by Gasteiger charge is -2.20.